The first-order valence-corrected chi connectivity index (χ1v) is 10.5. The molecular weight excluding hydrogens is 409 g/mol. The highest BCUT2D eigenvalue weighted by Crippen LogP contribution is 2.25. The molecule has 1 heterocycles. The first-order chi connectivity index (χ1) is 13.9. The molecule has 7 heteroatoms. The Bertz CT molecular complexity index is 865. The van der Waals surface area contributed by atoms with E-state index in [0.717, 1.165) is 12.1 Å². The molecule has 1 aliphatic heterocycles. The van der Waals surface area contributed by atoms with Crippen molar-refractivity contribution in [3.63, 3.8) is 0 Å². The van der Waals surface area contributed by atoms with Crippen LogP contribution in [0, 0.1) is 0 Å². The van der Waals surface area contributed by atoms with Crippen molar-refractivity contribution in [3.8, 4) is 0 Å². The third-order valence-corrected chi connectivity index (χ3v) is 5.85. The number of amides is 2. The first-order valence-electron chi connectivity index (χ1n) is 9.77. The van der Waals surface area contributed by atoms with Crippen molar-refractivity contribution in [3.05, 3.63) is 69.2 Å². The molecule has 2 aromatic carbocycles. The minimum Gasteiger partial charge on any atom is -0.350 e. The van der Waals surface area contributed by atoms with Gasteiger partial charge in [0, 0.05) is 13.1 Å². The van der Waals surface area contributed by atoms with E-state index in [1.807, 2.05) is 12.1 Å². The van der Waals surface area contributed by atoms with Crippen LogP contribution in [0.25, 0.3) is 0 Å². The maximum atomic E-state index is 12.3. The first kappa shape index (κ1) is 21.6. The van der Waals surface area contributed by atoms with E-state index in [4.69, 9.17) is 23.2 Å². The summed E-state index contributed by atoms with van der Waals surface area (Å²) < 4.78 is 0. The number of carbonyl (C=O) groups is 2. The van der Waals surface area contributed by atoms with Crippen LogP contribution in [-0.4, -0.2) is 35.8 Å². The smallest absolute Gasteiger partial charge is 0.253 e. The third kappa shape index (κ3) is 5.95. The average molecular weight is 434 g/mol. The molecule has 0 bridgehead atoms. The van der Waals surface area contributed by atoms with Crippen LogP contribution in [0.4, 0.5) is 0 Å². The molecule has 3 rings (SSSR count). The summed E-state index contributed by atoms with van der Waals surface area (Å²) in [4.78, 5) is 27.1. The lowest BCUT2D eigenvalue weighted by molar-refractivity contribution is -0.122. The molecule has 0 radical (unpaired) electrons. The fourth-order valence-corrected chi connectivity index (χ4v) is 3.71. The number of nitrogens with zero attached hydrogens (tertiary/aromatic N) is 1. The molecule has 2 N–H and O–H groups in total. The minimum absolute atomic E-state index is 0.174. The van der Waals surface area contributed by atoms with Crippen LogP contribution in [0.15, 0.2) is 42.5 Å². The van der Waals surface area contributed by atoms with E-state index in [1.165, 1.54) is 31.5 Å². The fourth-order valence-electron chi connectivity index (χ4n) is 3.32. The number of carbonyl (C=O) groups excluding carboxylic acids is 2. The van der Waals surface area contributed by atoms with Gasteiger partial charge in [0.25, 0.3) is 5.91 Å². The van der Waals surface area contributed by atoms with Crippen molar-refractivity contribution in [2.75, 3.05) is 13.1 Å². The predicted molar refractivity (Wildman–Crippen MR) is 116 cm³/mol. The Morgan fingerprint density at radius 3 is 2.38 bits per heavy atom. The Kier molecular flexibility index (Phi) is 7.53. The Morgan fingerprint density at radius 2 is 1.69 bits per heavy atom. The summed E-state index contributed by atoms with van der Waals surface area (Å²) >= 11 is 12.0. The highest BCUT2D eigenvalue weighted by atomic mass is 35.5. The zero-order valence-corrected chi connectivity index (χ0v) is 17.9. The van der Waals surface area contributed by atoms with Crippen LogP contribution in [0.2, 0.25) is 10.0 Å². The van der Waals surface area contributed by atoms with E-state index in [1.54, 1.807) is 25.1 Å². The monoisotopic (exact) mass is 433 g/mol. The van der Waals surface area contributed by atoms with Crippen LogP contribution in [0.5, 0.6) is 0 Å². The highest BCUT2D eigenvalue weighted by molar-refractivity contribution is 6.43. The van der Waals surface area contributed by atoms with Gasteiger partial charge >= 0.3 is 0 Å². The lowest BCUT2D eigenvalue weighted by Gasteiger charge is -2.16. The molecule has 1 aliphatic rings. The second kappa shape index (κ2) is 10.1. The topological polar surface area (TPSA) is 61.4 Å². The Morgan fingerprint density at radius 1 is 1.03 bits per heavy atom. The van der Waals surface area contributed by atoms with Crippen molar-refractivity contribution in [1.82, 2.24) is 15.5 Å². The molecule has 0 aromatic heterocycles. The molecule has 1 saturated heterocycles. The number of likely N-dealkylation sites (tertiary alicyclic amines) is 1. The van der Waals surface area contributed by atoms with Gasteiger partial charge in [-0.15, -0.1) is 0 Å². The normalized spacial score (nSPS) is 15.1. The SMILES string of the molecule is CC(NC(=O)c1cccc(Cl)c1Cl)C(=O)NCc1ccc(CN2CCCC2)cc1. The van der Waals surface area contributed by atoms with Gasteiger partial charge in [-0.25, -0.2) is 0 Å². The number of benzene rings is 2. The predicted octanol–water partition coefficient (Wildman–Crippen LogP) is 4.02. The molecular formula is C22H25Cl2N3O2. The van der Waals surface area contributed by atoms with Gasteiger partial charge in [-0.05, 0) is 56.1 Å². The Labute approximate surface area is 181 Å². The van der Waals surface area contributed by atoms with E-state index in [-0.39, 0.29) is 16.5 Å². The lowest BCUT2D eigenvalue weighted by Crippen LogP contribution is -2.44. The van der Waals surface area contributed by atoms with Crippen molar-refractivity contribution >= 4 is 35.0 Å². The van der Waals surface area contributed by atoms with E-state index in [9.17, 15) is 9.59 Å². The molecule has 1 atom stereocenters. The maximum absolute atomic E-state index is 12.3. The van der Waals surface area contributed by atoms with Crippen LogP contribution in [0.3, 0.4) is 0 Å². The summed E-state index contributed by atoms with van der Waals surface area (Å²) in [5.74, 6) is -0.705. The number of nitrogens with one attached hydrogen (secondary N) is 2. The summed E-state index contributed by atoms with van der Waals surface area (Å²) in [6.45, 7) is 5.34. The van der Waals surface area contributed by atoms with Gasteiger partial charge in [-0.3, -0.25) is 14.5 Å². The van der Waals surface area contributed by atoms with Crippen molar-refractivity contribution in [2.45, 2.75) is 38.9 Å². The van der Waals surface area contributed by atoms with Crippen molar-refractivity contribution in [1.29, 1.82) is 0 Å². The molecule has 1 fully saturated rings. The fraction of sp³-hybridized carbons (Fsp3) is 0.364. The second-order valence-electron chi connectivity index (χ2n) is 7.31. The maximum Gasteiger partial charge on any atom is 0.253 e. The molecule has 154 valence electrons. The summed E-state index contributed by atoms with van der Waals surface area (Å²) in [5.41, 5.74) is 2.54. The third-order valence-electron chi connectivity index (χ3n) is 5.03. The van der Waals surface area contributed by atoms with Gasteiger partial charge in [-0.1, -0.05) is 53.5 Å². The standard InChI is InChI=1S/C22H25Cl2N3O2/c1-15(26-22(29)18-5-4-6-19(23)20(18)24)21(28)25-13-16-7-9-17(10-8-16)14-27-11-2-3-12-27/h4-10,15H,2-3,11-14H2,1H3,(H,25,28)(H,26,29). The van der Waals surface area contributed by atoms with E-state index >= 15 is 0 Å². The summed E-state index contributed by atoms with van der Waals surface area (Å²) in [7, 11) is 0. The van der Waals surface area contributed by atoms with Gasteiger partial charge in [0.15, 0.2) is 0 Å². The molecule has 2 amide bonds. The largest absolute Gasteiger partial charge is 0.350 e. The number of hydrogen-bond donors (Lipinski definition) is 2. The Hall–Kier alpha value is -2.08. The average Bonchev–Trinajstić information content (AvgIpc) is 3.22. The zero-order chi connectivity index (χ0) is 20.8. The quantitative estimate of drug-likeness (QED) is 0.692. The van der Waals surface area contributed by atoms with Gasteiger partial charge in [-0.2, -0.15) is 0 Å². The summed E-state index contributed by atoms with van der Waals surface area (Å²) in [5, 5.41) is 5.97. The number of hydrogen-bond acceptors (Lipinski definition) is 3. The van der Waals surface area contributed by atoms with Gasteiger partial charge in [0.2, 0.25) is 5.91 Å². The van der Waals surface area contributed by atoms with Crippen molar-refractivity contribution < 1.29 is 9.59 Å². The zero-order valence-electron chi connectivity index (χ0n) is 16.4. The molecule has 29 heavy (non-hydrogen) atoms. The number of rotatable bonds is 7. The van der Waals surface area contributed by atoms with E-state index in [2.05, 4.69) is 27.7 Å². The summed E-state index contributed by atoms with van der Waals surface area (Å²) in [6.07, 6.45) is 2.56. The van der Waals surface area contributed by atoms with Crippen LogP contribution >= 0.6 is 23.2 Å². The Balaban J connectivity index is 1.48. The van der Waals surface area contributed by atoms with Crippen molar-refractivity contribution in [2.24, 2.45) is 0 Å². The second-order valence-corrected chi connectivity index (χ2v) is 8.10. The van der Waals surface area contributed by atoms with Gasteiger partial charge < -0.3 is 10.6 Å². The minimum atomic E-state index is -0.702. The summed E-state index contributed by atoms with van der Waals surface area (Å²) in [6, 6.07) is 12.4. The van der Waals surface area contributed by atoms with Gasteiger partial charge in [0.05, 0.1) is 15.6 Å². The molecule has 0 spiro atoms. The number of halogens is 2. The molecule has 1 unspecified atom stereocenters. The molecule has 2 aromatic rings. The highest BCUT2D eigenvalue weighted by Gasteiger charge is 2.19. The van der Waals surface area contributed by atoms with Crippen LogP contribution in [-0.2, 0) is 17.9 Å². The van der Waals surface area contributed by atoms with E-state index < -0.39 is 11.9 Å². The van der Waals surface area contributed by atoms with Crippen LogP contribution in [0.1, 0.15) is 41.3 Å². The lowest BCUT2D eigenvalue weighted by atomic mass is 10.1. The van der Waals surface area contributed by atoms with Gasteiger partial charge in [0.1, 0.15) is 6.04 Å². The van der Waals surface area contributed by atoms with E-state index in [0.29, 0.717) is 11.6 Å². The molecule has 0 aliphatic carbocycles. The molecule has 0 saturated carbocycles. The van der Waals surface area contributed by atoms with Crippen LogP contribution < -0.4 is 10.6 Å². The molecule has 5 nitrogen and oxygen atoms in total.